The first-order chi connectivity index (χ1) is 20.0. The summed E-state index contributed by atoms with van der Waals surface area (Å²) >= 11 is 0. The third-order valence-electron chi connectivity index (χ3n) is 7.81. The Kier molecular flexibility index (Phi) is 7.91. The second-order valence-electron chi connectivity index (χ2n) is 10.4. The van der Waals surface area contributed by atoms with Gasteiger partial charge in [-0.1, -0.05) is 6.92 Å². The molecule has 2 aromatic heterocycles. The first-order valence-corrected chi connectivity index (χ1v) is 14.0. The van der Waals surface area contributed by atoms with E-state index in [-0.39, 0.29) is 18.0 Å². The Balaban J connectivity index is 1.17. The second kappa shape index (κ2) is 11.9. The third kappa shape index (κ3) is 5.92. The summed E-state index contributed by atoms with van der Waals surface area (Å²) in [6, 6.07) is 11.7. The topological polar surface area (TPSA) is 78.8 Å². The van der Waals surface area contributed by atoms with Gasteiger partial charge in [0.15, 0.2) is 0 Å². The number of anilines is 2. The number of halogens is 2. The van der Waals surface area contributed by atoms with Gasteiger partial charge in [0.1, 0.15) is 17.3 Å². The fourth-order valence-corrected chi connectivity index (χ4v) is 5.32. The predicted molar refractivity (Wildman–Crippen MR) is 153 cm³/mol. The Morgan fingerprint density at radius 2 is 1.66 bits per heavy atom. The van der Waals surface area contributed by atoms with Gasteiger partial charge in [-0.25, -0.2) is 13.8 Å². The Labute approximate surface area is 237 Å². The normalized spacial score (nSPS) is 16.8. The molecule has 4 heterocycles. The molecule has 9 nitrogen and oxygen atoms in total. The highest BCUT2D eigenvalue weighted by atomic mass is 19.1. The lowest BCUT2D eigenvalue weighted by Crippen LogP contribution is -2.48. The Morgan fingerprint density at radius 1 is 0.951 bits per heavy atom. The smallest absolute Gasteiger partial charge is 0.253 e. The molecule has 11 heteroatoms. The van der Waals surface area contributed by atoms with Crippen molar-refractivity contribution in [3.8, 4) is 5.69 Å². The van der Waals surface area contributed by atoms with Gasteiger partial charge in [-0.15, -0.1) is 0 Å². The summed E-state index contributed by atoms with van der Waals surface area (Å²) in [4.78, 5) is 28.1. The summed E-state index contributed by atoms with van der Waals surface area (Å²) in [5.74, 6) is -0.833. The quantitative estimate of drug-likeness (QED) is 0.365. The Hall–Kier alpha value is -3.93. The largest absolute Gasteiger partial charge is 0.379 e. The van der Waals surface area contributed by atoms with Crippen molar-refractivity contribution in [1.82, 2.24) is 29.2 Å². The maximum absolute atomic E-state index is 15.1. The lowest BCUT2D eigenvalue weighted by molar-refractivity contribution is 0.0332. The third-order valence-corrected chi connectivity index (χ3v) is 7.81. The van der Waals surface area contributed by atoms with E-state index in [0.29, 0.717) is 49.1 Å². The van der Waals surface area contributed by atoms with E-state index in [0.717, 1.165) is 43.8 Å². The van der Waals surface area contributed by atoms with Crippen molar-refractivity contribution < 1.29 is 18.3 Å². The van der Waals surface area contributed by atoms with Crippen molar-refractivity contribution in [3.63, 3.8) is 0 Å². The maximum atomic E-state index is 15.1. The summed E-state index contributed by atoms with van der Waals surface area (Å²) in [5, 5.41) is 3.90. The van der Waals surface area contributed by atoms with Gasteiger partial charge < -0.3 is 24.4 Å². The van der Waals surface area contributed by atoms with Crippen molar-refractivity contribution in [1.29, 1.82) is 0 Å². The number of carbonyl (C=O) groups is 1. The predicted octanol–water partition coefficient (Wildman–Crippen LogP) is 4.05. The number of fused-ring (bicyclic) bond motifs is 1. The Bertz CT molecular complexity index is 1500. The molecule has 6 rings (SSSR count). The molecule has 2 aliphatic rings. The average molecular weight is 562 g/mol. The second-order valence-corrected chi connectivity index (χ2v) is 10.4. The number of nitrogens with one attached hydrogen (secondary N) is 1. The minimum Gasteiger partial charge on any atom is -0.379 e. The van der Waals surface area contributed by atoms with Crippen LogP contribution < -0.4 is 5.32 Å². The molecule has 2 aromatic carbocycles. The van der Waals surface area contributed by atoms with Gasteiger partial charge in [0.25, 0.3) is 5.91 Å². The highest BCUT2D eigenvalue weighted by Gasteiger charge is 2.22. The molecule has 4 aromatic rings. The number of ether oxygens (including phenoxy) is 1. The highest BCUT2D eigenvalue weighted by Crippen LogP contribution is 2.25. The minimum atomic E-state index is -0.595. The number of amides is 1. The van der Waals surface area contributed by atoms with E-state index in [2.05, 4.69) is 27.1 Å². The van der Waals surface area contributed by atoms with Crippen molar-refractivity contribution >= 4 is 28.6 Å². The number of benzene rings is 2. The van der Waals surface area contributed by atoms with E-state index < -0.39 is 11.6 Å². The zero-order valence-corrected chi connectivity index (χ0v) is 23.0. The number of nitrogens with zero attached hydrogens (tertiary/aromatic N) is 6. The van der Waals surface area contributed by atoms with Crippen molar-refractivity contribution in [2.45, 2.75) is 13.5 Å². The van der Waals surface area contributed by atoms with Crippen LogP contribution in [0, 0.1) is 11.6 Å². The van der Waals surface area contributed by atoms with Crippen LogP contribution in [0.25, 0.3) is 16.7 Å². The monoisotopic (exact) mass is 561 g/mol. The molecule has 2 saturated heterocycles. The minimum absolute atomic E-state index is 0.0261. The van der Waals surface area contributed by atoms with Gasteiger partial charge in [0.2, 0.25) is 5.95 Å². The number of rotatable bonds is 7. The molecule has 0 spiro atoms. The summed E-state index contributed by atoms with van der Waals surface area (Å²) in [6.07, 6.45) is 3.38. The van der Waals surface area contributed by atoms with E-state index >= 15 is 8.78 Å². The molecule has 0 unspecified atom stereocenters. The van der Waals surface area contributed by atoms with Crippen LogP contribution in [0.2, 0.25) is 0 Å². The van der Waals surface area contributed by atoms with Crippen molar-refractivity contribution in [2.75, 3.05) is 64.3 Å². The fraction of sp³-hybridized carbons (Fsp3) is 0.367. The molecule has 0 aliphatic carbocycles. The lowest BCUT2D eigenvalue weighted by atomic mass is 10.1. The SMILES string of the molecule is CCN1CCN(C(=O)c2ccc(Nc3ncc4ccn(-c5cc(F)c(CN6CCOCC6)c(F)c5)c4n3)cc2)CC1. The fourth-order valence-electron chi connectivity index (χ4n) is 5.32. The lowest BCUT2D eigenvalue weighted by Gasteiger charge is -2.34. The first kappa shape index (κ1) is 27.3. The zero-order valence-electron chi connectivity index (χ0n) is 23.0. The van der Waals surface area contributed by atoms with E-state index in [1.165, 1.54) is 12.1 Å². The van der Waals surface area contributed by atoms with E-state index in [1.807, 2.05) is 21.9 Å². The summed E-state index contributed by atoms with van der Waals surface area (Å²) < 4.78 is 37.1. The number of carbonyl (C=O) groups excluding carboxylic acids is 1. The first-order valence-electron chi connectivity index (χ1n) is 14.0. The van der Waals surface area contributed by atoms with Crippen LogP contribution in [0.4, 0.5) is 20.4 Å². The Morgan fingerprint density at radius 3 is 2.34 bits per heavy atom. The summed E-state index contributed by atoms with van der Waals surface area (Å²) in [6.45, 7) is 8.97. The van der Waals surface area contributed by atoms with Crippen molar-refractivity contribution in [3.05, 3.63) is 77.6 Å². The van der Waals surface area contributed by atoms with E-state index in [4.69, 9.17) is 4.74 Å². The molecular formula is C30H33F2N7O2. The van der Waals surface area contributed by atoms with Crippen LogP contribution in [0.5, 0.6) is 0 Å². The van der Waals surface area contributed by atoms with Crippen LogP contribution in [-0.2, 0) is 11.3 Å². The number of hydrogen-bond acceptors (Lipinski definition) is 7. The van der Waals surface area contributed by atoms with E-state index in [9.17, 15) is 4.79 Å². The molecule has 0 saturated carbocycles. The van der Waals surface area contributed by atoms with Gasteiger partial charge in [0.05, 0.1) is 18.9 Å². The van der Waals surface area contributed by atoms with Crippen LogP contribution >= 0.6 is 0 Å². The van der Waals surface area contributed by atoms with Gasteiger partial charge >= 0.3 is 0 Å². The summed E-state index contributed by atoms with van der Waals surface area (Å²) in [5.41, 5.74) is 2.26. The summed E-state index contributed by atoms with van der Waals surface area (Å²) in [7, 11) is 0. The van der Waals surface area contributed by atoms with Gasteiger partial charge in [-0.2, -0.15) is 4.98 Å². The van der Waals surface area contributed by atoms with Gasteiger partial charge in [0, 0.05) is 80.4 Å². The molecule has 214 valence electrons. The molecule has 2 aliphatic heterocycles. The average Bonchev–Trinajstić information content (AvgIpc) is 3.43. The number of piperazine rings is 1. The maximum Gasteiger partial charge on any atom is 0.253 e. The molecule has 0 bridgehead atoms. The number of hydrogen-bond donors (Lipinski definition) is 1. The molecule has 41 heavy (non-hydrogen) atoms. The van der Waals surface area contributed by atoms with Crippen LogP contribution in [0.15, 0.2) is 54.9 Å². The number of likely N-dealkylation sites (N-methyl/N-ethyl adjacent to an activating group) is 1. The number of aromatic nitrogens is 3. The van der Waals surface area contributed by atoms with Gasteiger partial charge in [-0.05, 0) is 49.0 Å². The standard InChI is InChI=1S/C30H33F2N7O2/c1-2-36-9-11-38(12-10-36)29(40)21-3-5-23(6-4-21)34-30-33-19-22-7-8-39(28(22)35-30)24-17-26(31)25(27(32)18-24)20-37-13-15-41-16-14-37/h3-8,17-19H,2,9-16,20H2,1H3,(H,33,34,35). The zero-order chi connectivity index (χ0) is 28.3. The van der Waals surface area contributed by atoms with Gasteiger partial charge in [-0.3, -0.25) is 9.69 Å². The van der Waals surface area contributed by atoms with Crippen LogP contribution in [0.1, 0.15) is 22.8 Å². The van der Waals surface area contributed by atoms with Crippen LogP contribution in [0.3, 0.4) is 0 Å². The van der Waals surface area contributed by atoms with Crippen LogP contribution in [-0.4, -0.2) is 94.2 Å². The molecule has 1 amide bonds. The molecule has 0 atom stereocenters. The molecule has 1 N–H and O–H groups in total. The molecular weight excluding hydrogens is 528 g/mol. The molecule has 0 radical (unpaired) electrons. The number of morpholine rings is 1. The highest BCUT2D eigenvalue weighted by molar-refractivity contribution is 5.94. The van der Waals surface area contributed by atoms with Crippen molar-refractivity contribution in [2.24, 2.45) is 0 Å². The van der Waals surface area contributed by atoms with E-state index in [1.54, 1.807) is 35.2 Å². The molecule has 2 fully saturated rings.